The summed E-state index contributed by atoms with van der Waals surface area (Å²) >= 11 is 6.09. The Balaban J connectivity index is 2.23. The number of nitrogens with one attached hydrogen (secondary N) is 1. The average molecular weight is 304 g/mol. The molecule has 2 aromatic rings. The molecule has 0 spiro atoms. The van der Waals surface area contributed by atoms with E-state index in [4.69, 9.17) is 11.6 Å². The summed E-state index contributed by atoms with van der Waals surface area (Å²) < 4.78 is 0. The van der Waals surface area contributed by atoms with E-state index in [0.717, 1.165) is 22.6 Å². The van der Waals surface area contributed by atoms with Gasteiger partial charge in [-0.15, -0.1) is 0 Å². The number of carbonyl (C=O) groups is 1. The summed E-state index contributed by atoms with van der Waals surface area (Å²) in [5.41, 5.74) is 4.00. The quantitative estimate of drug-likeness (QED) is 0.941. The predicted octanol–water partition coefficient (Wildman–Crippen LogP) is 3.67. The second-order valence-electron chi connectivity index (χ2n) is 5.15. The van der Waals surface area contributed by atoms with Crippen molar-refractivity contribution in [2.45, 2.75) is 13.8 Å². The second kappa shape index (κ2) is 6.14. The number of aromatic nitrogens is 1. The third-order valence-electron chi connectivity index (χ3n) is 3.21. The lowest BCUT2D eigenvalue weighted by molar-refractivity contribution is 0.102. The van der Waals surface area contributed by atoms with Gasteiger partial charge in [-0.25, -0.2) is 0 Å². The van der Waals surface area contributed by atoms with Crippen LogP contribution < -0.4 is 10.2 Å². The largest absolute Gasteiger partial charge is 0.378 e. The molecule has 0 saturated carbocycles. The van der Waals surface area contributed by atoms with E-state index >= 15 is 0 Å². The maximum atomic E-state index is 12.3. The number of hydrogen-bond acceptors (Lipinski definition) is 3. The van der Waals surface area contributed by atoms with Gasteiger partial charge in [0.2, 0.25) is 0 Å². The van der Waals surface area contributed by atoms with Crippen LogP contribution in [0.4, 0.5) is 11.4 Å². The summed E-state index contributed by atoms with van der Waals surface area (Å²) in [6.45, 7) is 3.79. The van der Waals surface area contributed by atoms with E-state index in [1.165, 1.54) is 6.20 Å². The molecule has 1 heterocycles. The van der Waals surface area contributed by atoms with Crippen molar-refractivity contribution in [3.8, 4) is 0 Å². The summed E-state index contributed by atoms with van der Waals surface area (Å²) in [6, 6.07) is 7.54. The zero-order chi connectivity index (χ0) is 15.6. The van der Waals surface area contributed by atoms with Crippen LogP contribution in [0.2, 0.25) is 5.02 Å². The number of halogens is 1. The molecular formula is C16H18ClN3O. The molecule has 21 heavy (non-hydrogen) atoms. The number of pyridine rings is 1. The highest BCUT2D eigenvalue weighted by Crippen LogP contribution is 2.23. The van der Waals surface area contributed by atoms with Gasteiger partial charge in [-0.05, 0) is 43.7 Å². The number of amides is 1. The first-order valence-electron chi connectivity index (χ1n) is 6.60. The molecule has 1 aromatic carbocycles. The van der Waals surface area contributed by atoms with Crippen molar-refractivity contribution in [1.29, 1.82) is 0 Å². The fourth-order valence-corrected chi connectivity index (χ4v) is 2.24. The normalized spacial score (nSPS) is 10.3. The van der Waals surface area contributed by atoms with Crippen LogP contribution in [0.15, 0.2) is 30.5 Å². The van der Waals surface area contributed by atoms with Gasteiger partial charge in [0.25, 0.3) is 5.91 Å². The number of nitrogens with zero attached hydrogens (tertiary/aromatic N) is 2. The van der Waals surface area contributed by atoms with Crippen molar-refractivity contribution in [1.82, 2.24) is 4.98 Å². The first-order valence-corrected chi connectivity index (χ1v) is 6.97. The number of anilines is 2. The van der Waals surface area contributed by atoms with Crippen molar-refractivity contribution in [3.63, 3.8) is 0 Å². The van der Waals surface area contributed by atoms with Crippen LogP contribution in [-0.2, 0) is 0 Å². The lowest BCUT2D eigenvalue weighted by atomic mass is 10.1. The van der Waals surface area contributed by atoms with Crippen LogP contribution in [0.25, 0.3) is 0 Å². The Hall–Kier alpha value is -2.07. The molecule has 110 valence electrons. The van der Waals surface area contributed by atoms with Crippen molar-refractivity contribution in [3.05, 3.63) is 52.3 Å². The van der Waals surface area contributed by atoms with Crippen LogP contribution in [0.3, 0.4) is 0 Å². The van der Waals surface area contributed by atoms with E-state index < -0.39 is 0 Å². The fourth-order valence-electron chi connectivity index (χ4n) is 1.95. The summed E-state index contributed by atoms with van der Waals surface area (Å²) in [5, 5.41) is 3.28. The smallest absolute Gasteiger partial charge is 0.258 e. The first-order chi connectivity index (χ1) is 9.88. The number of aryl methyl sites for hydroxylation is 2. The van der Waals surface area contributed by atoms with Gasteiger partial charge >= 0.3 is 0 Å². The van der Waals surface area contributed by atoms with Gasteiger partial charge in [-0.1, -0.05) is 11.6 Å². The van der Waals surface area contributed by atoms with Crippen molar-refractivity contribution < 1.29 is 4.79 Å². The van der Waals surface area contributed by atoms with Gasteiger partial charge in [-0.2, -0.15) is 0 Å². The molecule has 1 aromatic heterocycles. The fraction of sp³-hybridized carbons (Fsp3) is 0.250. The van der Waals surface area contributed by atoms with Crippen LogP contribution in [-0.4, -0.2) is 25.0 Å². The van der Waals surface area contributed by atoms with E-state index in [1.54, 1.807) is 6.07 Å². The lowest BCUT2D eigenvalue weighted by Gasteiger charge is -2.15. The second-order valence-corrected chi connectivity index (χ2v) is 5.56. The Morgan fingerprint density at radius 3 is 2.52 bits per heavy atom. The standard InChI is InChI=1S/C16H18ClN3O/c1-10-7-12(20(3)4)5-6-15(10)19-16(21)13-9-18-11(2)8-14(13)17/h5-9H,1-4H3,(H,19,21). The molecule has 4 nitrogen and oxygen atoms in total. The highest BCUT2D eigenvalue weighted by atomic mass is 35.5. The van der Waals surface area contributed by atoms with Crippen LogP contribution in [0.1, 0.15) is 21.6 Å². The van der Waals surface area contributed by atoms with Crippen LogP contribution in [0.5, 0.6) is 0 Å². The zero-order valence-corrected chi connectivity index (χ0v) is 13.3. The molecule has 0 radical (unpaired) electrons. The summed E-state index contributed by atoms with van der Waals surface area (Å²) in [4.78, 5) is 18.4. The molecule has 0 aliphatic heterocycles. The first kappa shape index (κ1) is 15.3. The maximum Gasteiger partial charge on any atom is 0.258 e. The maximum absolute atomic E-state index is 12.3. The number of carbonyl (C=O) groups excluding carboxylic acids is 1. The van der Waals surface area contributed by atoms with Gasteiger partial charge in [0.15, 0.2) is 0 Å². The molecular weight excluding hydrogens is 286 g/mol. The summed E-state index contributed by atoms with van der Waals surface area (Å²) in [5.74, 6) is -0.256. The Morgan fingerprint density at radius 2 is 1.95 bits per heavy atom. The number of benzene rings is 1. The van der Waals surface area contributed by atoms with E-state index in [9.17, 15) is 4.79 Å². The van der Waals surface area contributed by atoms with Gasteiger partial charge in [0.1, 0.15) is 0 Å². The van der Waals surface area contributed by atoms with Crippen molar-refractivity contribution >= 4 is 28.9 Å². The molecule has 1 amide bonds. The topological polar surface area (TPSA) is 45.2 Å². The third kappa shape index (κ3) is 3.52. The molecule has 0 fully saturated rings. The Morgan fingerprint density at radius 1 is 1.24 bits per heavy atom. The SMILES string of the molecule is Cc1cc(Cl)c(C(=O)Nc2ccc(N(C)C)cc2C)cn1. The van der Waals surface area contributed by atoms with Crippen molar-refractivity contribution in [2.24, 2.45) is 0 Å². The van der Waals surface area contributed by atoms with Gasteiger partial charge in [-0.3, -0.25) is 9.78 Å². The summed E-state index contributed by atoms with van der Waals surface area (Å²) in [6.07, 6.45) is 1.50. The molecule has 0 atom stereocenters. The molecule has 1 N–H and O–H groups in total. The third-order valence-corrected chi connectivity index (χ3v) is 3.52. The van der Waals surface area contributed by atoms with Crippen molar-refractivity contribution in [2.75, 3.05) is 24.3 Å². The monoisotopic (exact) mass is 303 g/mol. The summed E-state index contributed by atoms with van der Waals surface area (Å²) in [7, 11) is 3.95. The lowest BCUT2D eigenvalue weighted by Crippen LogP contribution is -2.14. The Bertz CT molecular complexity index is 683. The highest BCUT2D eigenvalue weighted by Gasteiger charge is 2.12. The molecule has 0 aliphatic rings. The number of rotatable bonds is 3. The molecule has 5 heteroatoms. The molecule has 2 rings (SSSR count). The van der Waals surface area contributed by atoms with Crippen LogP contribution >= 0.6 is 11.6 Å². The van der Waals surface area contributed by atoms with E-state index in [0.29, 0.717) is 10.6 Å². The van der Waals surface area contributed by atoms with E-state index in [1.807, 2.05) is 51.0 Å². The molecule has 0 aliphatic carbocycles. The average Bonchev–Trinajstić information content (AvgIpc) is 2.40. The van der Waals surface area contributed by atoms with E-state index in [2.05, 4.69) is 10.3 Å². The molecule has 0 bridgehead atoms. The minimum atomic E-state index is -0.256. The predicted molar refractivity (Wildman–Crippen MR) is 87.4 cm³/mol. The minimum Gasteiger partial charge on any atom is -0.378 e. The van der Waals surface area contributed by atoms with E-state index in [-0.39, 0.29) is 5.91 Å². The Kier molecular flexibility index (Phi) is 4.48. The van der Waals surface area contributed by atoms with Gasteiger partial charge < -0.3 is 10.2 Å². The van der Waals surface area contributed by atoms with Crippen LogP contribution in [0, 0.1) is 13.8 Å². The highest BCUT2D eigenvalue weighted by molar-refractivity contribution is 6.34. The van der Waals surface area contributed by atoms with Gasteiger partial charge in [0.05, 0.1) is 10.6 Å². The minimum absolute atomic E-state index is 0.256. The van der Waals surface area contributed by atoms with Gasteiger partial charge in [0, 0.05) is 37.4 Å². The Labute approximate surface area is 129 Å². The number of hydrogen-bond donors (Lipinski definition) is 1. The zero-order valence-electron chi connectivity index (χ0n) is 12.6. The molecule has 0 unspecified atom stereocenters. The molecule has 0 saturated heterocycles.